The smallest absolute Gasteiger partial charge is 0.264 e. The Kier molecular flexibility index (Phi) is 10.4. The molecule has 0 aromatic heterocycles. The van der Waals surface area contributed by atoms with E-state index in [1.54, 1.807) is 18.2 Å². The molecule has 3 aliphatic heterocycles. The molecule has 244 valence electrons. The van der Waals surface area contributed by atoms with Crippen molar-refractivity contribution in [2.75, 3.05) is 50.8 Å². The number of aryl methyl sites for hydroxylation is 1. The van der Waals surface area contributed by atoms with Crippen molar-refractivity contribution in [1.29, 1.82) is 0 Å². The zero-order valence-electron chi connectivity index (χ0n) is 25.7. The van der Waals surface area contributed by atoms with E-state index in [-0.39, 0.29) is 11.5 Å². The van der Waals surface area contributed by atoms with E-state index >= 15 is 0 Å². The van der Waals surface area contributed by atoms with Crippen LogP contribution in [0.25, 0.3) is 0 Å². The Morgan fingerprint density at radius 1 is 1.00 bits per heavy atom. The van der Waals surface area contributed by atoms with E-state index in [1.807, 2.05) is 30.4 Å². The van der Waals surface area contributed by atoms with Crippen molar-refractivity contribution in [2.45, 2.75) is 62.9 Å². The van der Waals surface area contributed by atoms with Crippen molar-refractivity contribution in [1.82, 2.24) is 9.62 Å². The Bertz CT molecular complexity index is 1490. The summed E-state index contributed by atoms with van der Waals surface area (Å²) >= 11 is 6.32. The molecular weight excluding hydrogens is 614 g/mol. The Morgan fingerprint density at radius 3 is 2.64 bits per heavy atom. The third kappa shape index (κ3) is 7.85. The fourth-order valence-corrected chi connectivity index (χ4v) is 8.57. The van der Waals surface area contributed by atoms with Gasteiger partial charge in [0, 0.05) is 43.3 Å². The van der Waals surface area contributed by atoms with Crippen molar-refractivity contribution in [2.24, 2.45) is 11.8 Å². The lowest BCUT2D eigenvalue weighted by atomic mass is 9.70. The number of fused-ring (bicyclic) bond motifs is 3. The number of nitrogens with zero attached hydrogens (tertiary/aromatic N) is 2. The van der Waals surface area contributed by atoms with Gasteiger partial charge in [-0.15, -0.1) is 0 Å². The fraction of sp³-hybridized carbons (Fsp3) is 0.559. The summed E-state index contributed by atoms with van der Waals surface area (Å²) in [6.07, 6.45) is 8.72. The summed E-state index contributed by atoms with van der Waals surface area (Å²) in [5.74, 6) is 0.416. The Hall–Kier alpha value is -2.63. The van der Waals surface area contributed by atoms with Crippen molar-refractivity contribution in [3.8, 4) is 5.75 Å². The molecule has 2 bridgehead atoms. The van der Waals surface area contributed by atoms with Crippen molar-refractivity contribution < 1.29 is 27.8 Å². The Balaban J connectivity index is 1.34. The highest BCUT2D eigenvalue weighted by Crippen LogP contribution is 2.41. The summed E-state index contributed by atoms with van der Waals surface area (Å²) < 4.78 is 41.7. The van der Waals surface area contributed by atoms with Gasteiger partial charge >= 0.3 is 0 Å². The molecule has 1 aliphatic carbocycles. The molecule has 45 heavy (non-hydrogen) atoms. The third-order valence-electron chi connectivity index (χ3n) is 9.84. The minimum absolute atomic E-state index is 0.127. The van der Waals surface area contributed by atoms with E-state index in [9.17, 15) is 18.3 Å². The second-order valence-electron chi connectivity index (χ2n) is 12.8. The SMILES string of the molecule is O=C1NS(=O)(=O)[C@@H](CN2CCOCC2)CC/C=C\[C@H](O)[C@@H]2CC[C@H]2CN2CCCCc3cc(Cl)ccc3COc3ccc1cc32. The van der Waals surface area contributed by atoms with Gasteiger partial charge in [-0.05, 0) is 98.2 Å². The second-order valence-corrected chi connectivity index (χ2v) is 15.2. The van der Waals surface area contributed by atoms with Gasteiger partial charge in [0.05, 0.1) is 30.3 Å². The number of aliphatic hydroxyl groups excluding tert-OH is 1. The predicted molar refractivity (Wildman–Crippen MR) is 175 cm³/mol. The standard InChI is InChI=1S/C34H44ClN3O6S/c35-28-11-8-27-23-44-33-13-10-25-20-31(33)38(14-4-3-5-24(27)19-28)21-26-9-12-30(26)32(39)7-2-1-6-29(45(41,42)36-34(25)40)22-37-15-17-43-18-16-37/h2,7-8,10-11,13,19-20,26,29-30,32,39H,1,3-6,9,12,14-18,21-23H2,(H,36,40)/b7-2-/t26-,29+,30+,32-/m0/s1. The van der Waals surface area contributed by atoms with Gasteiger partial charge in [-0.2, -0.15) is 0 Å². The summed E-state index contributed by atoms with van der Waals surface area (Å²) in [7, 11) is -4.00. The van der Waals surface area contributed by atoms with Crippen LogP contribution >= 0.6 is 11.6 Å². The first-order valence-electron chi connectivity index (χ1n) is 16.3. The van der Waals surface area contributed by atoms with Gasteiger partial charge < -0.3 is 19.5 Å². The zero-order valence-corrected chi connectivity index (χ0v) is 27.3. The molecule has 1 saturated heterocycles. The Morgan fingerprint density at radius 2 is 1.84 bits per heavy atom. The summed E-state index contributed by atoms with van der Waals surface area (Å²) in [6, 6.07) is 11.1. The molecule has 11 heteroatoms. The highest BCUT2D eigenvalue weighted by molar-refractivity contribution is 7.90. The summed E-state index contributed by atoms with van der Waals surface area (Å²) in [5, 5.41) is 11.1. The van der Waals surface area contributed by atoms with E-state index in [1.165, 1.54) is 5.56 Å². The second kappa shape index (κ2) is 14.4. The number of sulfonamides is 1. The lowest BCUT2D eigenvalue weighted by molar-refractivity contribution is 0.0375. The average Bonchev–Trinajstić information content (AvgIpc) is 3.03. The molecular formula is C34H44ClN3O6S. The number of nitrogens with one attached hydrogen (secondary N) is 1. The number of amides is 1. The van der Waals surface area contributed by atoms with Gasteiger partial charge in [0.2, 0.25) is 10.0 Å². The van der Waals surface area contributed by atoms with Crippen LogP contribution in [0.3, 0.4) is 0 Å². The van der Waals surface area contributed by atoms with Gasteiger partial charge in [-0.1, -0.05) is 29.8 Å². The maximum absolute atomic E-state index is 13.7. The van der Waals surface area contributed by atoms with Crippen molar-refractivity contribution in [3.05, 3.63) is 70.3 Å². The minimum atomic E-state index is -4.00. The van der Waals surface area contributed by atoms with Crippen LogP contribution in [-0.2, 0) is 27.8 Å². The van der Waals surface area contributed by atoms with Crippen LogP contribution in [0.2, 0.25) is 5.02 Å². The molecule has 0 unspecified atom stereocenters. The third-order valence-corrected chi connectivity index (χ3v) is 11.8. The number of hydrogen-bond donors (Lipinski definition) is 2. The topological polar surface area (TPSA) is 108 Å². The molecule has 2 aromatic carbocycles. The number of benzene rings is 2. The summed E-state index contributed by atoms with van der Waals surface area (Å²) in [4.78, 5) is 17.9. The van der Waals surface area contributed by atoms with Crippen LogP contribution in [0, 0.1) is 11.8 Å². The highest BCUT2D eigenvalue weighted by atomic mass is 35.5. The maximum atomic E-state index is 13.7. The van der Waals surface area contributed by atoms with E-state index in [0.29, 0.717) is 69.0 Å². The van der Waals surface area contributed by atoms with Crippen molar-refractivity contribution >= 4 is 33.2 Å². The largest absolute Gasteiger partial charge is 0.487 e. The number of carbonyl (C=O) groups is 1. The van der Waals surface area contributed by atoms with Crippen LogP contribution in [0.5, 0.6) is 5.75 Å². The monoisotopic (exact) mass is 657 g/mol. The maximum Gasteiger partial charge on any atom is 0.264 e. The number of aliphatic hydroxyl groups is 1. The van der Waals surface area contributed by atoms with E-state index in [4.69, 9.17) is 21.1 Å². The predicted octanol–water partition coefficient (Wildman–Crippen LogP) is 4.56. The van der Waals surface area contributed by atoms with E-state index < -0.39 is 27.3 Å². The molecule has 9 nitrogen and oxygen atoms in total. The molecule has 1 saturated carbocycles. The molecule has 0 spiro atoms. The normalized spacial score (nSPS) is 28.7. The lowest BCUT2D eigenvalue weighted by Gasteiger charge is -2.42. The molecule has 3 heterocycles. The van der Waals surface area contributed by atoms with Gasteiger partial charge in [-0.3, -0.25) is 9.69 Å². The zero-order chi connectivity index (χ0) is 31.4. The van der Waals surface area contributed by atoms with E-state index in [0.717, 1.165) is 56.4 Å². The van der Waals surface area contributed by atoms with Crippen LogP contribution in [0.1, 0.15) is 60.0 Å². The molecule has 4 aliphatic rings. The van der Waals surface area contributed by atoms with E-state index in [2.05, 4.69) is 14.5 Å². The van der Waals surface area contributed by atoms with Crippen LogP contribution in [0.4, 0.5) is 5.69 Å². The summed E-state index contributed by atoms with van der Waals surface area (Å²) in [6.45, 7) is 4.53. The number of halogens is 1. The number of anilines is 1. The van der Waals surface area contributed by atoms with Crippen molar-refractivity contribution in [3.63, 3.8) is 0 Å². The quantitative estimate of drug-likeness (QED) is 0.453. The molecule has 2 aromatic rings. The number of carbonyl (C=O) groups excluding carboxylic acids is 1. The first-order valence-corrected chi connectivity index (χ1v) is 18.2. The Labute approximate surface area is 271 Å². The van der Waals surface area contributed by atoms with Crippen LogP contribution in [-0.4, -0.2) is 81.6 Å². The van der Waals surface area contributed by atoms with Gasteiger partial charge in [0.15, 0.2) is 0 Å². The molecule has 2 N–H and O–H groups in total. The number of ether oxygens (including phenoxy) is 2. The highest BCUT2D eigenvalue weighted by Gasteiger charge is 2.37. The van der Waals surface area contributed by atoms with Gasteiger partial charge in [-0.25, -0.2) is 13.1 Å². The molecule has 1 amide bonds. The van der Waals surface area contributed by atoms with Crippen LogP contribution < -0.4 is 14.4 Å². The minimum Gasteiger partial charge on any atom is -0.487 e. The molecule has 4 atom stereocenters. The fourth-order valence-electron chi connectivity index (χ4n) is 6.98. The average molecular weight is 658 g/mol. The number of allylic oxidation sites excluding steroid dienone is 1. The first-order chi connectivity index (χ1) is 21.8. The van der Waals surface area contributed by atoms with Gasteiger partial charge in [0.1, 0.15) is 12.4 Å². The molecule has 6 rings (SSSR count). The summed E-state index contributed by atoms with van der Waals surface area (Å²) in [5.41, 5.74) is 3.28. The number of rotatable bonds is 2. The number of hydrogen-bond acceptors (Lipinski definition) is 8. The van der Waals surface area contributed by atoms with Crippen LogP contribution in [0.15, 0.2) is 48.6 Å². The van der Waals surface area contributed by atoms with Gasteiger partial charge in [0.25, 0.3) is 5.91 Å². The molecule has 2 fully saturated rings. The number of morpholine rings is 1. The molecule has 0 radical (unpaired) electrons. The first kappa shape index (κ1) is 32.3. The lowest BCUT2D eigenvalue weighted by Crippen LogP contribution is -2.47.